The molecule has 1 aromatic heterocycles. The zero-order valence-electron chi connectivity index (χ0n) is 17.0. The number of aromatic hydroxyl groups is 1. The second kappa shape index (κ2) is 8.66. The van der Waals surface area contributed by atoms with Crippen LogP contribution in [-0.4, -0.2) is 60.2 Å². The number of rotatable bonds is 5. The van der Waals surface area contributed by atoms with Gasteiger partial charge in [0.15, 0.2) is 0 Å². The number of sulfonamides is 1. The Morgan fingerprint density at radius 2 is 1.94 bits per heavy atom. The Morgan fingerprint density at radius 3 is 2.62 bits per heavy atom. The van der Waals surface area contributed by atoms with Crippen LogP contribution in [0.1, 0.15) is 15.9 Å². The molecular weight excluding hydrogens is 502 g/mol. The van der Waals surface area contributed by atoms with Crippen LogP contribution in [-0.2, 0) is 14.8 Å². The Labute approximate surface area is 192 Å². The van der Waals surface area contributed by atoms with E-state index in [2.05, 4.69) is 26.2 Å². The highest BCUT2D eigenvalue weighted by molar-refractivity contribution is 9.10. The van der Waals surface area contributed by atoms with Crippen LogP contribution >= 0.6 is 15.9 Å². The number of morpholine rings is 1. The number of pyridine rings is 1. The van der Waals surface area contributed by atoms with Gasteiger partial charge in [-0.1, -0.05) is 22.0 Å². The second-order valence-corrected chi connectivity index (χ2v) is 10.1. The van der Waals surface area contributed by atoms with Crippen molar-refractivity contribution in [1.82, 2.24) is 9.29 Å². The molecule has 2 heterocycles. The van der Waals surface area contributed by atoms with Gasteiger partial charge in [-0.25, -0.2) is 13.2 Å². The number of carboxylic acids is 1. The van der Waals surface area contributed by atoms with Gasteiger partial charge in [0, 0.05) is 29.1 Å². The molecule has 9 nitrogen and oxygen atoms in total. The van der Waals surface area contributed by atoms with Crippen molar-refractivity contribution in [3.8, 4) is 5.75 Å². The first-order valence-corrected chi connectivity index (χ1v) is 11.9. The van der Waals surface area contributed by atoms with E-state index in [0.29, 0.717) is 20.9 Å². The molecule has 0 amide bonds. The first-order chi connectivity index (χ1) is 15.2. The number of nitrogens with zero attached hydrogens (tertiary/aromatic N) is 2. The maximum Gasteiger partial charge on any atom is 0.341 e. The Balaban J connectivity index is 1.95. The van der Waals surface area contributed by atoms with E-state index in [0.717, 1.165) is 0 Å². The van der Waals surface area contributed by atoms with Crippen molar-refractivity contribution in [2.24, 2.45) is 0 Å². The molecule has 0 radical (unpaired) electrons. The van der Waals surface area contributed by atoms with E-state index in [4.69, 9.17) is 4.74 Å². The molecule has 0 atom stereocenters. The number of anilines is 2. The Bertz CT molecular complexity index is 1320. The van der Waals surface area contributed by atoms with Crippen LogP contribution in [0.3, 0.4) is 0 Å². The Morgan fingerprint density at radius 1 is 1.22 bits per heavy atom. The van der Waals surface area contributed by atoms with Crippen LogP contribution in [0.2, 0.25) is 0 Å². The largest absolute Gasteiger partial charge is 0.507 e. The Kier molecular flexibility index (Phi) is 6.08. The highest BCUT2D eigenvalue weighted by Gasteiger charge is 2.31. The molecule has 0 unspecified atom stereocenters. The van der Waals surface area contributed by atoms with Crippen molar-refractivity contribution < 1.29 is 28.2 Å². The zero-order chi connectivity index (χ0) is 23.0. The number of fused-ring (bicyclic) bond motifs is 1. The molecule has 1 saturated heterocycles. The van der Waals surface area contributed by atoms with E-state index in [1.807, 2.05) is 0 Å². The van der Waals surface area contributed by atoms with Crippen LogP contribution in [0.4, 0.5) is 11.4 Å². The van der Waals surface area contributed by atoms with E-state index >= 15 is 0 Å². The highest BCUT2D eigenvalue weighted by atomic mass is 79.9. The van der Waals surface area contributed by atoms with Crippen LogP contribution in [0.25, 0.3) is 10.9 Å². The first-order valence-electron chi connectivity index (χ1n) is 9.69. The van der Waals surface area contributed by atoms with Gasteiger partial charge in [0.2, 0.25) is 10.0 Å². The summed E-state index contributed by atoms with van der Waals surface area (Å²) >= 11 is 3.40. The molecule has 11 heteroatoms. The van der Waals surface area contributed by atoms with Crippen molar-refractivity contribution in [3.05, 3.63) is 52.1 Å². The van der Waals surface area contributed by atoms with E-state index < -0.39 is 16.0 Å². The number of aromatic nitrogens is 1. The molecule has 168 valence electrons. The maximum atomic E-state index is 13.5. The van der Waals surface area contributed by atoms with Gasteiger partial charge in [-0.15, -0.1) is 0 Å². The Hall–Kier alpha value is -2.73. The second-order valence-electron chi connectivity index (χ2n) is 7.26. The fraction of sp³-hybridized carbons (Fsp3) is 0.238. The number of carboxylic acid groups (broad SMARTS) is 1. The van der Waals surface area contributed by atoms with Gasteiger partial charge in [0.05, 0.1) is 30.1 Å². The van der Waals surface area contributed by atoms with Gasteiger partial charge in [-0.2, -0.15) is 4.31 Å². The molecule has 3 aromatic rings. The summed E-state index contributed by atoms with van der Waals surface area (Å²) in [5.41, 5.74) is 0.793. The molecule has 3 N–H and O–H groups in total. The summed E-state index contributed by atoms with van der Waals surface area (Å²) in [5, 5.41) is 23.5. The summed E-state index contributed by atoms with van der Waals surface area (Å²) in [7, 11) is -3.97. The van der Waals surface area contributed by atoms with Gasteiger partial charge >= 0.3 is 5.97 Å². The summed E-state index contributed by atoms with van der Waals surface area (Å²) in [5.74, 6) is -1.73. The van der Waals surface area contributed by atoms with Crippen LogP contribution in [0.5, 0.6) is 5.75 Å². The molecule has 1 aliphatic rings. The van der Waals surface area contributed by atoms with Crippen molar-refractivity contribution in [1.29, 1.82) is 0 Å². The summed E-state index contributed by atoms with van der Waals surface area (Å²) < 4.78 is 34.2. The molecule has 32 heavy (non-hydrogen) atoms. The lowest BCUT2D eigenvalue weighted by atomic mass is 10.1. The summed E-state index contributed by atoms with van der Waals surface area (Å²) in [6, 6.07) is 8.25. The topological polar surface area (TPSA) is 129 Å². The van der Waals surface area contributed by atoms with E-state index in [-0.39, 0.29) is 53.9 Å². The van der Waals surface area contributed by atoms with E-state index in [1.54, 1.807) is 31.2 Å². The smallest absolute Gasteiger partial charge is 0.341 e. The number of carbonyl (C=O) groups is 1. The van der Waals surface area contributed by atoms with Crippen molar-refractivity contribution in [3.63, 3.8) is 0 Å². The van der Waals surface area contributed by atoms with Gasteiger partial charge in [-0.3, -0.25) is 4.98 Å². The normalized spacial score (nSPS) is 15.1. The van der Waals surface area contributed by atoms with Crippen molar-refractivity contribution in [2.45, 2.75) is 11.8 Å². The number of phenols is 1. The maximum absolute atomic E-state index is 13.5. The lowest BCUT2D eigenvalue weighted by Crippen LogP contribution is -2.40. The molecule has 1 aliphatic heterocycles. The monoisotopic (exact) mass is 521 g/mol. The predicted molar refractivity (Wildman–Crippen MR) is 122 cm³/mol. The average Bonchev–Trinajstić information content (AvgIpc) is 2.77. The van der Waals surface area contributed by atoms with Gasteiger partial charge in [0.1, 0.15) is 16.2 Å². The lowest BCUT2D eigenvalue weighted by molar-refractivity contribution is 0.0694. The van der Waals surface area contributed by atoms with E-state index in [9.17, 15) is 23.4 Å². The van der Waals surface area contributed by atoms with E-state index in [1.165, 1.54) is 16.6 Å². The number of aromatic carboxylic acids is 1. The lowest BCUT2D eigenvalue weighted by Gasteiger charge is -2.27. The molecule has 0 aliphatic carbocycles. The van der Waals surface area contributed by atoms with Crippen molar-refractivity contribution in [2.75, 3.05) is 31.6 Å². The number of nitrogens with one attached hydrogen (secondary N) is 1. The van der Waals surface area contributed by atoms with Gasteiger partial charge in [-0.05, 0) is 36.8 Å². The average molecular weight is 522 g/mol. The standard InChI is InChI=1S/C21H20BrN3O6S/c1-12-2-4-16(18(20(12)26)21(27)28)24-19-14-10-13(22)3-5-15(14)23-11-17(19)32(29,30)25-6-8-31-9-7-25/h2-5,10-11,26H,6-9H2,1H3,(H,23,24)(H,27,28). The fourth-order valence-electron chi connectivity index (χ4n) is 3.55. The zero-order valence-corrected chi connectivity index (χ0v) is 19.4. The van der Waals surface area contributed by atoms with Crippen LogP contribution < -0.4 is 5.32 Å². The van der Waals surface area contributed by atoms with Crippen LogP contribution in [0.15, 0.2) is 45.9 Å². The molecule has 0 saturated carbocycles. The minimum atomic E-state index is -3.97. The number of hydrogen-bond donors (Lipinski definition) is 3. The van der Waals surface area contributed by atoms with Crippen LogP contribution in [0, 0.1) is 6.92 Å². The molecule has 0 spiro atoms. The summed E-state index contributed by atoms with van der Waals surface area (Å²) in [4.78, 5) is 16.1. The quantitative estimate of drug-likeness (QED) is 0.465. The third kappa shape index (κ3) is 4.04. The predicted octanol–water partition coefficient (Wildman–Crippen LogP) is 3.47. The summed E-state index contributed by atoms with van der Waals surface area (Å²) in [6.45, 7) is 2.54. The SMILES string of the molecule is Cc1ccc(Nc2c(S(=O)(=O)N3CCOCC3)cnc3ccc(Br)cc23)c(C(=O)O)c1O. The number of benzene rings is 2. The molecule has 1 fully saturated rings. The fourth-order valence-corrected chi connectivity index (χ4v) is 5.42. The molecular formula is C21H20BrN3O6S. The highest BCUT2D eigenvalue weighted by Crippen LogP contribution is 2.38. The number of hydrogen-bond acceptors (Lipinski definition) is 7. The first kappa shape index (κ1) is 22.5. The minimum Gasteiger partial charge on any atom is -0.507 e. The molecule has 2 aromatic carbocycles. The minimum absolute atomic E-state index is 0.0616. The van der Waals surface area contributed by atoms with Gasteiger partial charge in [0.25, 0.3) is 0 Å². The van der Waals surface area contributed by atoms with Gasteiger partial charge < -0.3 is 20.3 Å². The summed E-state index contributed by atoms with van der Waals surface area (Å²) in [6.07, 6.45) is 1.26. The third-order valence-corrected chi connectivity index (χ3v) is 7.64. The third-order valence-electron chi connectivity index (χ3n) is 5.24. The number of halogens is 1. The van der Waals surface area contributed by atoms with Crippen molar-refractivity contribution >= 4 is 54.2 Å². The molecule has 4 rings (SSSR count). The number of aryl methyl sites for hydroxylation is 1. The molecule has 0 bridgehead atoms. The number of ether oxygens (including phenoxy) is 1.